The Morgan fingerprint density at radius 2 is 2.17 bits per heavy atom. The van der Waals surface area contributed by atoms with E-state index in [0.29, 0.717) is 0 Å². The first-order valence-corrected chi connectivity index (χ1v) is 6.67. The van der Waals surface area contributed by atoms with Crippen LogP contribution in [0.1, 0.15) is 43.4 Å². The number of aryl methyl sites for hydroxylation is 1. The van der Waals surface area contributed by atoms with E-state index in [2.05, 4.69) is 12.2 Å². The Kier molecular flexibility index (Phi) is 6.91. The Labute approximate surface area is 110 Å². The molecule has 1 rings (SSSR count). The minimum Gasteiger partial charge on any atom is -0.385 e. The minimum atomic E-state index is -0.110. The molecule has 2 nitrogen and oxygen atoms in total. The molecule has 1 aromatic carbocycles. The number of benzene rings is 1. The molecule has 18 heavy (non-hydrogen) atoms. The van der Waals surface area contributed by atoms with E-state index < -0.39 is 0 Å². The molecular weight excluding hydrogens is 229 g/mol. The van der Waals surface area contributed by atoms with Crippen molar-refractivity contribution in [1.82, 2.24) is 5.32 Å². The molecule has 0 bridgehead atoms. The number of ether oxygens (including phenoxy) is 1. The molecule has 0 saturated carbocycles. The van der Waals surface area contributed by atoms with E-state index in [1.165, 1.54) is 0 Å². The number of nitrogens with one attached hydrogen (secondary N) is 1. The summed E-state index contributed by atoms with van der Waals surface area (Å²) in [6, 6.07) is 5.55. The van der Waals surface area contributed by atoms with Gasteiger partial charge in [0.05, 0.1) is 0 Å². The molecule has 0 spiro atoms. The molecule has 1 N–H and O–H groups in total. The van der Waals surface area contributed by atoms with Gasteiger partial charge in [-0.25, -0.2) is 4.39 Å². The number of hydrogen-bond acceptors (Lipinski definition) is 2. The molecular formula is C15H24FNO. The predicted molar refractivity (Wildman–Crippen MR) is 73.3 cm³/mol. The molecule has 1 aromatic rings. The zero-order valence-corrected chi connectivity index (χ0v) is 11.6. The van der Waals surface area contributed by atoms with Crippen LogP contribution in [0, 0.1) is 12.7 Å². The zero-order valence-electron chi connectivity index (χ0n) is 11.6. The Balaban J connectivity index is 2.73. The van der Waals surface area contributed by atoms with E-state index in [1.807, 2.05) is 19.1 Å². The van der Waals surface area contributed by atoms with Gasteiger partial charge in [0.2, 0.25) is 0 Å². The maximum absolute atomic E-state index is 14.0. The van der Waals surface area contributed by atoms with Crippen molar-refractivity contribution < 1.29 is 9.13 Å². The first-order valence-electron chi connectivity index (χ1n) is 6.67. The largest absolute Gasteiger partial charge is 0.385 e. The summed E-state index contributed by atoms with van der Waals surface area (Å²) < 4.78 is 19.0. The van der Waals surface area contributed by atoms with Gasteiger partial charge >= 0.3 is 0 Å². The van der Waals surface area contributed by atoms with Gasteiger partial charge in [0.1, 0.15) is 5.82 Å². The summed E-state index contributed by atoms with van der Waals surface area (Å²) >= 11 is 0. The van der Waals surface area contributed by atoms with Gasteiger partial charge in [0.25, 0.3) is 0 Å². The van der Waals surface area contributed by atoms with E-state index in [4.69, 9.17) is 4.74 Å². The summed E-state index contributed by atoms with van der Waals surface area (Å²) in [4.78, 5) is 0. The molecule has 0 heterocycles. The number of hydrogen-bond donors (Lipinski definition) is 1. The van der Waals surface area contributed by atoms with Crippen LogP contribution in [0.4, 0.5) is 4.39 Å². The normalized spacial score (nSPS) is 12.7. The molecule has 0 amide bonds. The van der Waals surface area contributed by atoms with Gasteiger partial charge in [-0.2, -0.15) is 0 Å². The fourth-order valence-electron chi connectivity index (χ4n) is 2.03. The Bertz CT molecular complexity index is 354. The van der Waals surface area contributed by atoms with Crippen LogP contribution in [0.25, 0.3) is 0 Å². The van der Waals surface area contributed by atoms with Crippen molar-refractivity contribution in [3.63, 3.8) is 0 Å². The molecule has 0 saturated heterocycles. The predicted octanol–water partition coefficient (Wildman–Crippen LogP) is 3.60. The van der Waals surface area contributed by atoms with E-state index in [0.717, 1.165) is 43.5 Å². The Morgan fingerprint density at radius 3 is 2.78 bits per heavy atom. The van der Waals surface area contributed by atoms with Crippen LogP contribution in [-0.4, -0.2) is 20.3 Å². The molecule has 0 aromatic heterocycles. The highest BCUT2D eigenvalue weighted by atomic mass is 19.1. The Morgan fingerprint density at radius 1 is 1.39 bits per heavy atom. The topological polar surface area (TPSA) is 21.3 Å². The van der Waals surface area contributed by atoms with Crippen molar-refractivity contribution in [2.75, 3.05) is 20.3 Å². The average Bonchev–Trinajstić information content (AvgIpc) is 2.34. The van der Waals surface area contributed by atoms with Gasteiger partial charge in [-0.15, -0.1) is 0 Å². The molecule has 1 atom stereocenters. The van der Waals surface area contributed by atoms with Crippen molar-refractivity contribution in [2.24, 2.45) is 0 Å². The summed E-state index contributed by atoms with van der Waals surface area (Å²) in [6.07, 6.45) is 2.88. The van der Waals surface area contributed by atoms with Crippen LogP contribution in [0.5, 0.6) is 0 Å². The number of rotatable bonds is 8. The van der Waals surface area contributed by atoms with Crippen molar-refractivity contribution in [3.8, 4) is 0 Å². The van der Waals surface area contributed by atoms with Crippen LogP contribution >= 0.6 is 0 Å². The third-order valence-electron chi connectivity index (χ3n) is 3.01. The number of methoxy groups -OCH3 is 1. The summed E-state index contributed by atoms with van der Waals surface area (Å²) in [5, 5.41) is 3.41. The molecule has 102 valence electrons. The van der Waals surface area contributed by atoms with Crippen LogP contribution in [0.15, 0.2) is 18.2 Å². The fraction of sp³-hybridized carbons (Fsp3) is 0.600. The van der Waals surface area contributed by atoms with Gasteiger partial charge in [-0.3, -0.25) is 0 Å². The summed E-state index contributed by atoms with van der Waals surface area (Å²) in [6.45, 7) is 5.65. The fourth-order valence-corrected chi connectivity index (χ4v) is 2.03. The standard InChI is InChI=1S/C15H24FNO/c1-4-9-17-15(6-5-10-18-3)13-8-7-12(2)11-14(13)16/h7-8,11,15,17H,4-6,9-10H2,1-3H3. The smallest absolute Gasteiger partial charge is 0.128 e. The van der Waals surface area contributed by atoms with Gasteiger partial charge in [0, 0.05) is 25.3 Å². The lowest BCUT2D eigenvalue weighted by Crippen LogP contribution is -2.23. The van der Waals surface area contributed by atoms with E-state index in [-0.39, 0.29) is 11.9 Å². The third-order valence-corrected chi connectivity index (χ3v) is 3.01. The monoisotopic (exact) mass is 253 g/mol. The zero-order chi connectivity index (χ0) is 13.4. The lowest BCUT2D eigenvalue weighted by molar-refractivity contribution is 0.188. The van der Waals surface area contributed by atoms with Gasteiger partial charge in [-0.05, 0) is 44.4 Å². The maximum atomic E-state index is 14.0. The van der Waals surface area contributed by atoms with Gasteiger partial charge in [-0.1, -0.05) is 19.1 Å². The molecule has 1 unspecified atom stereocenters. The van der Waals surface area contributed by atoms with E-state index in [9.17, 15) is 4.39 Å². The van der Waals surface area contributed by atoms with Crippen LogP contribution in [0.2, 0.25) is 0 Å². The third kappa shape index (κ3) is 4.75. The molecule has 3 heteroatoms. The summed E-state index contributed by atoms with van der Waals surface area (Å²) in [7, 11) is 1.70. The van der Waals surface area contributed by atoms with E-state index >= 15 is 0 Å². The van der Waals surface area contributed by atoms with E-state index in [1.54, 1.807) is 13.2 Å². The van der Waals surface area contributed by atoms with Crippen LogP contribution in [0.3, 0.4) is 0 Å². The second-order valence-electron chi connectivity index (χ2n) is 4.67. The number of halogens is 1. The molecule has 0 aliphatic rings. The minimum absolute atomic E-state index is 0.0840. The van der Waals surface area contributed by atoms with Crippen molar-refractivity contribution >= 4 is 0 Å². The average molecular weight is 253 g/mol. The lowest BCUT2D eigenvalue weighted by Gasteiger charge is -2.19. The second-order valence-corrected chi connectivity index (χ2v) is 4.67. The quantitative estimate of drug-likeness (QED) is 0.715. The van der Waals surface area contributed by atoms with Gasteiger partial charge < -0.3 is 10.1 Å². The van der Waals surface area contributed by atoms with Crippen molar-refractivity contribution in [2.45, 2.75) is 39.2 Å². The Hall–Kier alpha value is -0.930. The highest BCUT2D eigenvalue weighted by molar-refractivity contribution is 5.26. The SMILES string of the molecule is CCCNC(CCCOC)c1ccc(C)cc1F. The molecule has 0 aliphatic heterocycles. The second kappa shape index (κ2) is 8.22. The molecule has 0 aliphatic carbocycles. The molecule has 0 radical (unpaired) electrons. The van der Waals surface area contributed by atoms with Crippen molar-refractivity contribution in [1.29, 1.82) is 0 Å². The summed E-state index contributed by atoms with van der Waals surface area (Å²) in [5.74, 6) is -0.110. The van der Waals surface area contributed by atoms with Crippen LogP contribution in [-0.2, 0) is 4.74 Å². The first-order chi connectivity index (χ1) is 8.69. The first kappa shape index (κ1) is 15.1. The maximum Gasteiger partial charge on any atom is 0.128 e. The van der Waals surface area contributed by atoms with Crippen molar-refractivity contribution in [3.05, 3.63) is 35.1 Å². The van der Waals surface area contributed by atoms with Crippen LogP contribution < -0.4 is 5.32 Å². The van der Waals surface area contributed by atoms with Gasteiger partial charge in [0.15, 0.2) is 0 Å². The lowest BCUT2D eigenvalue weighted by atomic mass is 10.00. The molecule has 0 fully saturated rings. The highest BCUT2D eigenvalue weighted by Crippen LogP contribution is 2.22. The summed E-state index contributed by atoms with van der Waals surface area (Å²) in [5.41, 5.74) is 1.73. The highest BCUT2D eigenvalue weighted by Gasteiger charge is 2.14.